The van der Waals surface area contributed by atoms with Crippen molar-refractivity contribution in [2.45, 2.75) is 6.54 Å². The Balaban J connectivity index is 1.20. The fraction of sp³-hybridized carbons (Fsp3) is 0.318. The van der Waals surface area contributed by atoms with Gasteiger partial charge < -0.3 is 14.7 Å². The monoisotopic (exact) mass is 441 g/mol. The molecule has 1 aromatic heterocycles. The fourth-order valence-electron chi connectivity index (χ4n) is 3.66. The minimum absolute atomic E-state index is 0.0376. The molecule has 9 heteroatoms. The highest BCUT2D eigenvalue weighted by Crippen LogP contribution is 2.23. The average molecular weight is 442 g/mol. The summed E-state index contributed by atoms with van der Waals surface area (Å²) in [5.74, 6) is 0.701. The SMILES string of the molecule is O=[N+]([O-])c1cccc(-c2cc(CNCCN3CCN(c4cccc(Cl)c4)CC3)on2)c1. The summed E-state index contributed by atoms with van der Waals surface area (Å²) < 4.78 is 5.37. The van der Waals surface area contributed by atoms with Crippen LogP contribution in [0.5, 0.6) is 0 Å². The van der Waals surface area contributed by atoms with Crippen LogP contribution in [0.2, 0.25) is 5.02 Å². The van der Waals surface area contributed by atoms with E-state index >= 15 is 0 Å². The van der Waals surface area contributed by atoms with Gasteiger partial charge in [-0.05, 0) is 18.2 Å². The lowest BCUT2D eigenvalue weighted by molar-refractivity contribution is -0.384. The van der Waals surface area contributed by atoms with Crippen LogP contribution >= 0.6 is 11.6 Å². The molecule has 1 fully saturated rings. The number of hydrogen-bond donors (Lipinski definition) is 1. The van der Waals surface area contributed by atoms with E-state index in [1.165, 1.54) is 17.8 Å². The molecule has 31 heavy (non-hydrogen) atoms. The molecule has 0 unspecified atom stereocenters. The molecule has 1 aliphatic heterocycles. The predicted octanol–water partition coefficient (Wildman–Crippen LogP) is 3.82. The van der Waals surface area contributed by atoms with E-state index in [-0.39, 0.29) is 5.69 Å². The number of nitrogens with one attached hydrogen (secondary N) is 1. The third kappa shape index (κ3) is 5.61. The average Bonchev–Trinajstić information content (AvgIpc) is 3.26. The maximum Gasteiger partial charge on any atom is 0.270 e. The van der Waals surface area contributed by atoms with E-state index in [1.54, 1.807) is 12.1 Å². The third-order valence-corrected chi connectivity index (χ3v) is 5.60. The minimum Gasteiger partial charge on any atom is -0.369 e. The van der Waals surface area contributed by atoms with Crippen molar-refractivity contribution in [1.29, 1.82) is 0 Å². The Hall–Kier alpha value is -2.94. The summed E-state index contributed by atoms with van der Waals surface area (Å²) in [6, 6.07) is 16.2. The lowest BCUT2D eigenvalue weighted by atomic mass is 10.1. The van der Waals surface area contributed by atoms with Crippen molar-refractivity contribution in [3.8, 4) is 11.3 Å². The molecule has 0 spiro atoms. The Bertz CT molecular complexity index is 1030. The lowest BCUT2D eigenvalue weighted by Crippen LogP contribution is -2.48. The van der Waals surface area contributed by atoms with Gasteiger partial charge >= 0.3 is 0 Å². The summed E-state index contributed by atoms with van der Waals surface area (Å²) in [6.07, 6.45) is 0. The first-order chi connectivity index (χ1) is 15.1. The topological polar surface area (TPSA) is 87.7 Å². The van der Waals surface area contributed by atoms with Gasteiger partial charge in [-0.3, -0.25) is 15.0 Å². The van der Waals surface area contributed by atoms with Crippen LogP contribution in [0.15, 0.2) is 59.1 Å². The van der Waals surface area contributed by atoms with Gasteiger partial charge in [0.1, 0.15) is 5.69 Å². The van der Waals surface area contributed by atoms with Crippen molar-refractivity contribution in [2.75, 3.05) is 44.2 Å². The summed E-state index contributed by atoms with van der Waals surface area (Å²) in [6.45, 7) is 6.33. The van der Waals surface area contributed by atoms with Crippen LogP contribution in [-0.4, -0.2) is 54.2 Å². The maximum atomic E-state index is 10.9. The zero-order valence-electron chi connectivity index (χ0n) is 17.0. The van der Waals surface area contributed by atoms with Gasteiger partial charge in [-0.15, -0.1) is 0 Å². The number of halogens is 1. The number of nitro benzene ring substituents is 1. The predicted molar refractivity (Wildman–Crippen MR) is 120 cm³/mol. The van der Waals surface area contributed by atoms with E-state index in [0.717, 1.165) is 44.3 Å². The Morgan fingerprint density at radius 1 is 1.10 bits per heavy atom. The van der Waals surface area contributed by atoms with Crippen LogP contribution in [-0.2, 0) is 6.54 Å². The number of anilines is 1. The van der Waals surface area contributed by atoms with E-state index in [0.29, 0.717) is 23.6 Å². The molecule has 0 atom stereocenters. The molecule has 1 aliphatic rings. The van der Waals surface area contributed by atoms with E-state index in [2.05, 4.69) is 26.3 Å². The van der Waals surface area contributed by atoms with Crippen molar-refractivity contribution < 1.29 is 9.45 Å². The van der Waals surface area contributed by atoms with Crippen molar-refractivity contribution >= 4 is 23.0 Å². The number of non-ortho nitro benzene ring substituents is 1. The highest BCUT2D eigenvalue weighted by molar-refractivity contribution is 6.30. The largest absolute Gasteiger partial charge is 0.369 e. The van der Waals surface area contributed by atoms with Crippen LogP contribution in [0.25, 0.3) is 11.3 Å². The van der Waals surface area contributed by atoms with Gasteiger partial charge in [0.05, 0.1) is 11.5 Å². The van der Waals surface area contributed by atoms with Gasteiger partial charge in [-0.2, -0.15) is 0 Å². The number of aromatic nitrogens is 1. The second-order valence-corrected chi connectivity index (χ2v) is 7.91. The number of nitrogens with zero attached hydrogens (tertiary/aromatic N) is 4. The molecule has 0 saturated carbocycles. The number of piperazine rings is 1. The van der Waals surface area contributed by atoms with Gasteiger partial charge in [0, 0.05) is 73.7 Å². The van der Waals surface area contributed by atoms with Gasteiger partial charge in [0.15, 0.2) is 5.76 Å². The Morgan fingerprint density at radius 3 is 2.68 bits per heavy atom. The van der Waals surface area contributed by atoms with Gasteiger partial charge in [0.25, 0.3) is 5.69 Å². The molecule has 2 heterocycles. The Labute approximate surface area is 185 Å². The summed E-state index contributed by atoms with van der Waals surface area (Å²) in [5.41, 5.74) is 2.48. The van der Waals surface area contributed by atoms with Crippen LogP contribution in [0.4, 0.5) is 11.4 Å². The zero-order chi connectivity index (χ0) is 21.6. The second kappa shape index (κ2) is 9.91. The molecule has 0 amide bonds. The third-order valence-electron chi connectivity index (χ3n) is 5.36. The van der Waals surface area contributed by atoms with Crippen LogP contribution < -0.4 is 10.2 Å². The molecule has 1 saturated heterocycles. The summed E-state index contributed by atoms with van der Waals surface area (Å²) in [5, 5.41) is 19.1. The van der Waals surface area contributed by atoms with E-state index in [4.69, 9.17) is 16.1 Å². The van der Waals surface area contributed by atoms with Crippen molar-refractivity contribution in [1.82, 2.24) is 15.4 Å². The lowest BCUT2D eigenvalue weighted by Gasteiger charge is -2.36. The summed E-state index contributed by atoms with van der Waals surface area (Å²) >= 11 is 6.10. The highest BCUT2D eigenvalue weighted by Gasteiger charge is 2.17. The zero-order valence-corrected chi connectivity index (χ0v) is 17.8. The molecule has 8 nitrogen and oxygen atoms in total. The van der Waals surface area contributed by atoms with Gasteiger partial charge in [-0.25, -0.2) is 0 Å². The summed E-state index contributed by atoms with van der Waals surface area (Å²) in [4.78, 5) is 15.3. The fourth-order valence-corrected chi connectivity index (χ4v) is 3.85. The normalized spacial score (nSPS) is 14.7. The number of benzene rings is 2. The second-order valence-electron chi connectivity index (χ2n) is 7.47. The van der Waals surface area contributed by atoms with Crippen molar-refractivity contribution in [2.24, 2.45) is 0 Å². The van der Waals surface area contributed by atoms with Gasteiger partial charge in [0.2, 0.25) is 0 Å². The maximum absolute atomic E-state index is 10.9. The number of nitro groups is 1. The Kier molecular flexibility index (Phi) is 6.81. The molecular formula is C22H24ClN5O3. The first-order valence-corrected chi connectivity index (χ1v) is 10.6. The molecule has 0 radical (unpaired) electrons. The van der Waals surface area contributed by atoms with E-state index < -0.39 is 4.92 Å². The molecule has 3 aromatic rings. The molecule has 4 rings (SSSR count). The molecular weight excluding hydrogens is 418 g/mol. The smallest absolute Gasteiger partial charge is 0.270 e. The van der Waals surface area contributed by atoms with Gasteiger partial charge in [-0.1, -0.05) is 35.0 Å². The van der Waals surface area contributed by atoms with E-state index in [9.17, 15) is 10.1 Å². The quantitative estimate of drug-likeness (QED) is 0.323. The highest BCUT2D eigenvalue weighted by atomic mass is 35.5. The van der Waals surface area contributed by atoms with Crippen LogP contribution in [0.1, 0.15) is 5.76 Å². The standard InChI is InChI=1S/C22H24ClN5O3/c23-18-4-2-5-19(14-18)27-11-9-26(10-12-27)8-7-24-16-21-15-22(25-31-21)17-3-1-6-20(13-17)28(29)30/h1-6,13-15,24H,7-12,16H2. The number of hydrogen-bond acceptors (Lipinski definition) is 7. The summed E-state index contributed by atoms with van der Waals surface area (Å²) in [7, 11) is 0. The molecule has 0 aliphatic carbocycles. The van der Waals surface area contributed by atoms with Crippen LogP contribution in [0.3, 0.4) is 0 Å². The minimum atomic E-state index is -0.416. The van der Waals surface area contributed by atoms with Crippen molar-refractivity contribution in [3.63, 3.8) is 0 Å². The first kappa shape index (κ1) is 21.3. The molecule has 1 N–H and O–H groups in total. The number of rotatable bonds is 8. The molecule has 0 bridgehead atoms. The van der Waals surface area contributed by atoms with E-state index in [1.807, 2.05) is 24.3 Å². The first-order valence-electron chi connectivity index (χ1n) is 10.2. The molecule has 162 valence electrons. The Morgan fingerprint density at radius 2 is 1.90 bits per heavy atom. The van der Waals surface area contributed by atoms with Crippen LogP contribution in [0, 0.1) is 10.1 Å². The molecule has 2 aromatic carbocycles. The van der Waals surface area contributed by atoms with Crippen molar-refractivity contribution in [3.05, 3.63) is 75.5 Å².